The summed E-state index contributed by atoms with van der Waals surface area (Å²) in [5.41, 5.74) is 0. The topological polar surface area (TPSA) is 88.7 Å². The van der Waals surface area contributed by atoms with Gasteiger partial charge in [0, 0.05) is 19.1 Å². The molecule has 2 heterocycles. The molecule has 7 nitrogen and oxygen atoms in total. The molecule has 1 saturated heterocycles. The van der Waals surface area contributed by atoms with Crippen molar-refractivity contribution in [2.75, 3.05) is 19.7 Å². The molecule has 3 atom stereocenters. The second kappa shape index (κ2) is 5.14. The molecule has 1 aliphatic heterocycles. The van der Waals surface area contributed by atoms with Crippen LogP contribution in [0.1, 0.15) is 44.0 Å². The van der Waals surface area contributed by atoms with Gasteiger partial charge in [-0.05, 0) is 20.3 Å². The number of ether oxygens (including phenoxy) is 1. The molecule has 0 radical (unpaired) electrons. The molecular formula is C13H19N3O4. The summed E-state index contributed by atoms with van der Waals surface area (Å²) in [6.07, 6.45) is 0.395. The molecule has 1 aromatic rings. The fraction of sp³-hybridized carbons (Fsp3) is 0.769. The molecule has 1 aliphatic carbocycles. The number of aromatic nitrogens is 2. The highest BCUT2D eigenvalue weighted by atomic mass is 16.5. The van der Waals surface area contributed by atoms with Crippen molar-refractivity contribution in [3.63, 3.8) is 0 Å². The van der Waals surface area contributed by atoms with E-state index in [9.17, 15) is 4.79 Å². The minimum Gasteiger partial charge on any atom is -0.481 e. The van der Waals surface area contributed by atoms with Crippen LogP contribution in [-0.2, 0) is 9.53 Å². The van der Waals surface area contributed by atoms with Gasteiger partial charge in [0.05, 0.1) is 18.4 Å². The number of carboxylic acid groups (broad SMARTS) is 1. The van der Waals surface area contributed by atoms with Crippen LogP contribution in [0, 0.1) is 5.92 Å². The van der Waals surface area contributed by atoms with Crippen molar-refractivity contribution in [2.45, 2.75) is 38.3 Å². The Labute approximate surface area is 116 Å². The van der Waals surface area contributed by atoms with E-state index in [1.807, 2.05) is 0 Å². The molecular weight excluding hydrogens is 262 g/mol. The molecule has 3 rings (SSSR count). The van der Waals surface area contributed by atoms with Crippen LogP contribution in [0.4, 0.5) is 0 Å². The fourth-order valence-corrected chi connectivity index (χ4v) is 2.56. The van der Waals surface area contributed by atoms with Crippen LogP contribution in [-0.4, -0.2) is 51.9 Å². The van der Waals surface area contributed by atoms with Crippen molar-refractivity contribution in [3.8, 4) is 0 Å². The van der Waals surface area contributed by atoms with Gasteiger partial charge in [0.25, 0.3) is 0 Å². The Balaban J connectivity index is 1.66. The largest absolute Gasteiger partial charge is 0.481 e. The minimum atomic E-state index is -0.797. The summed E-state index contributed by atoms with van der Waals surface area (Å²) in [5.74, 6) is -0.338. The normalized spacial score (nSPS) is 30.6. The molecule has 110 valence electrons. The fourth-order valence-electron chi connectivity index (χ4n) is 2.56. The molecule has 1 N–H and O–H groups in total. The van der Waals surface area contributed by atoms with Gasteiger partial charge in [0.1, 0.15) is 6.10 Å². The molecule has 1 aromatic heterocycles. The molecule has 3 unspecified atom stereocenters. The predicted octanol–water partition coefficient (Wildman–Crippen LogP) is 1.04. The maximum Gasteiger partial charge on any atom is 0.307 e. The van der Waals surface area contributed by atoms with E-state index in [-0.39, 0.29) is 17.9 Å². The van der Waals surface area contributed by atoms with Crippen LogP contribution >= 0.6 is 0 Å². The van der Waals surface area contributed by atoms with Crippen LogP contribution in [0.5, 0.6) is 0 Å². The first kappa shape index (κ1) is 13.5. The Bertz CT molecular complexity index is 502. The van der Waals surface area contributed by atoms with Gasteiger partial charge in [-0.15, -0.1) is 0 Å². The molecule has 2 aliphatic rings. The Morgan fingerprint density at radius 3 is 2.95 bits per heavy atom. The van der Waals surface area contributed by atoms with Gasteiger partial charge in [0.15, 0.2) is 0 Å². The Hall–Kier alpha value is -1.47. The molecule has 0 bridgehead atoms. The summed E-state index contributed by atoms with van der Waals surface area (Å²) in [6, 6.07) is 0.451. The van der Waals surface area contributed by atoms with Gasteiger partial charge in [-0.1, -0.05) is 5.16 Å². The van der Waals surface area contributed by atoms with E-state index in [1.165, 1.54) is 0 Å². The molecule has 7 heteroatoms. The first-order valence-electron chi connectivity index (χ1n) is 6.98. The first-order chi connectivity index (χ1) is 9.56. The number of hydrogen-bond donors (Lipinski definition) is 1. The lowest BCUT2D eigenvalue weighted by molar-refractivity contribution is -0.138. The predicted molar refractivity (Wildman–Crippen MR) is 68.2 cm³/mol. The molecule has 2 fully saturated rings. The van der Waals surface area contributed by atoms with Gasteiger partial charge >= 0.3 is 5.97 Å². The third-order valence-corrected chi connectivity index (χ3v) is 4.00. The maximum absolute atomic E-state index is 10.9. The van der Waals surface area contributed by atoms with Gasteiger partial charge < -0.3 is 14.4 Å². The number of aliphatic carboxylic acids is 1. The third kappa shape index (κ3) is 2.55. The van der Waals surface area contributed by atoms with E-state index in [0.717, 1.165) is 13.1 Å². The molecule has 20 heavy (non-hydrogen) atoms. The van der Waals surface area contributed by atoms with Gasteiger partial charge in [-0.2, -0.15) is 4.98 Å². The lowest BCUT2D eigenvalue weighted by atomic mass is 10.2. The minimum absolute atomic E-state index is 0.126. The highest BCUT2D eigenvalue weighted by Crippen LogP contribution is 2.47. The summed E-state index contributed by atoms with van der Waals surface area (Å²) in [5, 5.41) is 12.9. The van der Waals surface area contributed by atoms with Crippen molar-refractivity contribution in [1.82, 2.24) is 15.0 Å². The number of morpholine rings is 1. The number of carboxylic acids is 1. The molecule has 0 amide bonds. The van der Waals surface area contributed by atoms with E-state index in [1.54, 1.807) is 0 Å². The lowest BCUT2D eigenvalue weighted by Crippen LogP contribution is -2.42. The Kier molecular flexibility index (Phi) is 3.47. The van der Waals surface area contributed by atoms with Crippen LogP contribution in [0.25, 0.3) is 0 Å². The molecule has 0 spiro atoms. The summed E-state index contributed by atoms with van der Waals surface area (Å²) >= 11 is 0. The number of nitrogens with zero attached hydrogens (tertiary/aromatic N) is 3. The van der Waals surface area contributed by atoms with Crippen molar-refractivity contribution >= 4 is 5.97 Å². The Morgan fingerprint density at radius 1 is 1.50 bits per heavy atom. The lowest BCUT2D eigenvalue weighted by Gasteiger charge is -2.34. The first-order valence-corrected chi connectivity index (χ1v) is 6.98. The van der Waals surface area contributed by atoms with Crippen molar-refractivity contribution in [3.05, 3.63) is 11.7 Å². The third-order valence-electron chi connectivity index (χ3n) is 4.00. The zero-order valence-electron chi connectivity index (χ0n) is 11.7. The van der Waals surface area contributed by atoms with Crippen LogP contribution in [0.2, 0.25) is 0 Å². The average Bonchev–Trinajstić information content (AvgIpc) is 3.09. The number of hydrogen-bond acceptors (Lipinski definition) is 6. The smallest absolute Gasteiger partial charge is 0.307 e. The zero-order valence-corrected chi connectivity index (χ0v) is 11.7. The van der Waals surface area contributed by atoms with Crippen LogP contribution in [0.15, 0.2) is 4.52 Å². The van der Waals surface area contributed by atoms with Crippen LogP contribution < -0.4 is 0 Å². The number of carbonyl (C=O) groups is 1. The Morgan fingerprint density at radius 2 is 2.30 bits per heavy atom. The standard InChI is InChI=1S/C13H19N3O4/c1-7(2)16-3-4-19-10(6-16)11-14-12(20-15-11)8-5-9(8)13(17)18/h7-10H,3-6H2,1-2H3,(H,17,18). The summed E-state index contributed by atoms with van der Waals surface area (Å²) in [4.78, 5) is 17.5. The van der Waals surface area contributed by atoms with E-state index in [4.69, 9.17) is 14.4 Å². The van der Waals surface area contributed by atoms with Crippen molar-refractivity contribution in [1.29, 1.82) is 0 Å². The molecule has 1 saturated carbocycles. The SMILES string of the molecule is CC(C)N1CCOC(c2noc(C3CC3C(=O)O)n2)C1. The zero-order chi connectivity index (χ0) is 14.3. The quantitative estimate of drug-likeness (QED) is 0.882. The van der Waals surface area contributed by atoms with E-state index in [0.29, 0.717) is 30.8 Å². The summed E-state index contributed by atoms with van der Waals surface area (Å²) in [6.45, 7) is 6.58. The van der Waals surface area contributed by atoms with E-state index < -0.39 is 5.97 Å². The molecule has 0 aromatic carbocycles. The second-order valence-corrected chi connectivity index (χ2v) is 5.73. The van der Waals surface area contributed by atoms with Crippen molar-refractivity contribution in [2.24, 2.45) is 5.92 Å². The monoisotopic (exact) mass is 281 g/mol. The average molecular weight is 281 g/mol. The summed E-state index contributed by atoms with van der Waals surface area (Å²) < 4.78 is 10.9. The van der Waals surface area contributed by atoms with Crippen molar-refractivity contribution < 1.29 is 19.2 Å². The second-order valence-electron chi connectivity index (χ2n) is 5.73. The van der Waals surface area contributed by atoms with Gasteiger partial charge in [-0.3, -0.25) is 9.69 Å². The van der Waals surface area contributed by atoms with E-state index >= 15 is 0 Å². The van der Waals surface area contributed by atoms with Gasteiger partial charge in [0.2, 0.25) is 11.7 Å². The van der Waals surface area contributed by atoms with Gasteiger partial charge in [-0.25, -0.2) is 0 Å². The highest BCUT2D eigenvalue weighted by Gasteiger charge is 2.48. The van der Waals surface area contributed by atoms with Crippen LogP contribution in [0.3, 0.4) is 0 Å². The maximum atomic E-state index is 10.9. The summed E-state index contributed by atoms with van der Waals surface area (Å²) in [7, 11) is 0. The van der Waals surface area contributed by atoms with E-state index in [2.05, 4.69) is 28.9 Å². The highest BCUT2D eigenvalue weighted by molar-refractivity contribution is 5.74. The number of rotatable bonds is 4.